The maximum atomic E-state index is 10.2. The Morgan fingerprint density at radius 3 is 2.89 bits per heavy atom. The van der Waals surface area contributed by atoms with E-state index in [4.69, 9.17) is 4.74 Å². The summed E-state index contributed by atoms with van der Waals surface area (Å²) in [5, 5.41) is 16.3. The highest BCUT2D eigenvalue weighted by Crippen LogP contribution is 2.28. The summed E-state index contributed by atoms with van der Waals surface area (Å²) in [5.41, 5.74) is 0. The number of nitrogens with zero attached hydrogens (tertiary/aromatic N) is 3. The molecule has 104 valence electrons. The molecule has 0 amide bonds. The van der Waals surface area contributed by atoms with E-state index in [1.807, 2.05) is 16.1 Å². The lowest BCUT2D eigenvalue weighted by Crippen LogP contribution is -2.13. The minimum atomic E-state index is -0.566. The first kappa shape index (κ1) is 14.0. The van der Waals surface area contributed by atoms with Crippen molar-refractivity contribution in [1.29, 1.82) is 0 Å². The molecule has 0 aliphatic heterocycles. The Balaban J connectivity index is 2.06. The van der Waals surface area contributed by atoms with Crippen LogP contribution in [0.1, 0.15) is 30.7 Å². The summed E-state index contributed by atoms with van der Waals surface area (Å²) < 4.78 is 6.98. The van der Waals surface area contributed by atoms with Gasteiger partial charge in [0.15, 0.2) is 0 Å². The number of hydrogen-bond acceptors (Lipinski definition) is 5. The van der Waals surface area contributed by atoms with E-state index in [9.17, 15) is 5.11 Å². The van der Waals surface area contributed by atoms with Crippen molar-refractivity contribution in [2.24, 2.45) is 5.92 Å². The van der Waals surface area contributed by atoms with Crippen LogP contribution in [0.4, 0.5) is 0 Å². The lowest BCUT2D eigenvalue weighted by Gasteiger charge is -2.11. The number of hydrogen-bond donors (Lipinski definition) is 1. The maximum Gasteiger partial charge on any atom is 0.138 e. The van der Waals surface area contributed by atoms with Gasteiger partial charge in [-0.2, -0.15) is 5.10 Å². The van der Waals surface area contributed by atoms with Crippen LogP contribution >= 0.6 is 11.3 Å². The van der Waals surface area contributed by atoms with Gasteiger partial charge in [0.2, 0.25) is 0 Å². The van der Waals surface area contributed by atoms with E-state index in [0.717, 1.165) is 23.0 Å². The molecule has 1 N–H and O–H groups in total. The van der Waals surface area contributed by atoms with E-state index in [2.05, 4.69) is 23.9 Å². The van der Waals surface area contributed by atoms with Gasteiger partial charge >= 0.3 is 0 Å². The molecule has 19 heavy (non-hydrogen) atoms. The molecule has 0 saturated heterocycles. The topological polar surface area (TPSA) is 60.2 Å². The van der Waals surface area contributed by atoms with Crippen LogP contribution in [0.15, 0.2) is 17.8 Å². The third-order valence-electron chi connectivity index (χ3n) is 2.77. The van der Waals surface area contributed by atoms with Gasteiger partial charge in [0.05, 0.1) is 13.2 Å². The molecule has 2 aromatic heterocycles. The molecule has 1 unspecified atom stereocenters. The van der Waals surface area contributed by atoms with Crippen molar-refractivity contribution in [3.05, 3.63) is 28.5 Å². The van der Waals surface area contributed by atoms with Crippen molar-refractivity contribution >= 4 is 11.3 Å². The summed E-state index contributed by atoms with van der Waals surface area (Å²) in [6, 6.07) is 1.86. The molecule has 0 aromatic carbocycles. The molecule has 1 atom stereocenters. The summed E-state index contributed by atoms with van der Waals surface area (Å²) in [5.74, 6) is 2.09. The van der Waals surface area contributed by atoms with Gasteiger partial charge in [-0.1, -0.05) is 13.8 Å². The SMILES string of the molecule is COc1csc(C(O)Cc2ncnn2CC(C)C)c1. The fraction of sp³-hybridized carbons (Fsp3) is 0.538. The summed E-state index contributed by atoms with van der Waals surface area (Å²) in [7, 11) is 1.62. The van der Waals surface area contributed by atoms with Crippen molar-refractivity contribution in [3.63, 3.8) is 0 Å². The van der Waals surface area contributed by atoms with Crippen molar-refractivity contribution < 1.29 is 9.84 Å². The molecule has 0 aliphatic rings. The largest absolute Gasteiger partial charge is 0.496 e. The van der Waals surface area contributed by atoms with E-state index in [0.29, 0.717) is 12.3 Å². The summed E-state index contributed by atoms with van der Waals surface area (Å²) in [6.07, 6.45) is 1.44. The predicted octanol–water partition coefficient (Wildman–Crippen LogP) is 2.28. The molecule has 5 nitrogen and oxygen atoms in total. The number of thiophene rings is 1. The number of rotatable bonds is 6. The zero-order valence-corrected chi connectivity index (χ0v) is 12.2. The minimum Gasteiger partial charge on any atom is -0.496 e. The molecule has 2 aromatic rings. The van der Waals surface area contributed by atoms with Gasteiger partial charge in [-0.05, 0) is 12.0 Å². The van der Waals surface area contributed by atoms with Crippen LogP contribution in [0.5, 0.6) is 5.75 Å². The molecule has 0 spiro atoms. The Kier molecular flexibility index (Phi) is 4.55. The Bertz CT molecular complexity index is 521. The van der Waals surface area contributed by atoms with Crippen molar-refractivity contribution in [1.82, 2.24) is 14.8 Å². The second-order valence-corrected chi connectivity index (χ2v) is 5.80. The third kappa shape index (κ3) is 3.54. The number of aromatic nitrogens is 3. The summed E-state index contributed by atoms with van der Waals surface area (Å²) in [6.45, 7) is 5.08. The van der Waals surface area contributed by atoms with Crippen LogP contribution in [0.25, 0.3) is 0 Å². The monoisotopic (exact) mass is 281 g/mol. The van der Waals surface area contributed by atoms with Crippen molar-refractivity contribution in [3.8, 4) is 5.75 Å². The minimum absolute atomic E-state index is 0.469. The first-order chi connectivity index (χ1) is 9.10. The zero-order valence-electron chi connectivity index (χ0n) is 11.4. The van der Waals surface area contributed by atoms with Crippen LogP contribution < -0.4 is 4.74 Å². The average molecular weight is 281 g/mol. The quantitative estimate of drug-likeness (QED) is 0.882. The molecule has 0 saturated carbocycles. The van der Waals surface area contributed by atoms with Gasteiger partial charge in [-0.3, -0.25) is 0 Å². The van der Waals surface area contributed by atoms with Gasteiger partial charge in [0, 0.05) is 23.2 Å². The Morgan fingerprint density at radius 2 is 2.26 bits per heavy atom. The second-order valence-electron chi connectivity index (χ2n) is 4.86. The highest BCUT2D eigenvalue weighted by Gasteiger charge is 2.16. The molecule has 0 radical (unpaired) electrons. The Labute approximate surface area is 116 Å². The van der Waals surface area contributed by atoms with Crippen LogP contribution in [-0.2, 0) is 13.0 Å². The van der Waals surface area contributed by atoms with E-state index < -0.39 is 6.10 Å². The van der Waals surface area contributed by atoms with Crippen molar-refractivity contribution in [2.75, 3.05) is 7.11 Å². The highest BCUT2D eigenvalue weighted by atomic mass is 32.1. The van der Waals surface area contributed by atoms with E-state index >= 15 is 0 Å². The van der Waals surface area contributed by atoms with Gasteiger partial charge in [0.1, 0.15) is 17.9 Å². The number of aliphatic hydroxyl groups excluding tert-OH is 1. The fourth-order valence-electron chi connectivity index (χ4n) is 1.83. The normalized spacial score (nSPS) is 12.9. The van der Waals surface area contributed by atoms with Gasteiger partial charge in [-0.25, -0.2) is 9.67 Å². The number of ether oxygens (including phenoxy) is 1. The molecular formula is C13H19N3O2S. The highest BCUT2D eigenvalue weighted by molar-refractivity contribution is 7.10. The lowest BCUT2D eigenvalue weighted by molar-refractivity contribution is 0.177. The van der Waals surface area contributed by atoms with Crippen LogP contribution in [0, 0.1) is 5.92 Å². The molecule has 2 rings (SSSR count). The lowest BCUT2D eigenvalue weighted by atomic mass is 10.2. The van der Waals surface area contributed by atoms with E-state index in [1.165, 1.54) is 11.3 Å². The number of aliphatic hydroxyl groups is 1. The van der Waals surface area contributed by atoms with Crippen LogP contribution in [-0.4, -0.2) is 27.0 Å². The average Bonchev–Trinajstić information content (AvgIpc) is 2.98. The summed E-state index contributed by atoms with van der Waals surface area (Å²) >= 11 is 1.49. The van der Waals surface area contributed by atoms with Gasteiger partial charge in [0.25, 0.3) is 0 Å². The predicted molar refractivity (Wildman–Crippen MR) is 74.4 cm³/mol. The standard InChI is InChI=1S/C13H19N3O2S/c1-9(2)6-16-13(14-8-15-16)5-11(17)12-4-10(18-3)7-19-12/h4,7-9,11,17H,5-6H2,1-3H3. The zero-order chi connectivity index (χ0) is 13.8. The Hall–Kier alpha value is -1.40. The molecule has 2 heterocycles. The smallest absolute Gasteiger partial charge is 0.138 e. The fourth-order valence-corrected chi connectivity index (χ4v) is 2.68. The molecule has 0 bridgehead atoms. The first-order valence-corrected chi connectivity index (χ1v) is 7.15. The second kappa shape index (κ2) is 6.16. The molecule has 0 aliphatic carbocycles. The summed E-state index contributed by atoms with van der Waals surface area (Å²) in [4.78, 5) is 5.11. The molecule has 0 fully saturated rings. The van der Waals surface area contributed by atoms with Crippen molar-refractivity contribution in [2.45, 2.75) is 32.9 Å². The number of methoxy groups -OCH3 is 1. The van der Waals surface area contributed by atoms with Crippen LogP contribution in [0.2, 0.25) is 0 Å². The molecular weight excluding hydrogens is 262 g/mol. The third-order valence-corrected chi connectivity index (χ3v) is 3.78. The van der Waals surface area contributed by atoms with Crippen LogP contribution in [0.3, 0.4) is 0 Å². The molecule has 6 heteroatoms. The Morgan fingerprint density at radius 1 is 1.47 bits per heavy atom. The maximum absolute atomic E-state index is 10.2. The van der Waals surface area contributed by atoms with Gasteiger partial charge < -0.3 is 9.84 Å². The first-order valence-electron chi connectivity index (χ1n) is 6.27. The van der Waals surface area contributed by atoms with Gasteiger partial charge in [-0.15, -0.1) is 11.3 Å². The van der Waals surface area contributed by atoms with E-state index in [1.54, 1.807) is 13.4 Å². The van der Waals surface area contributed by atoms with E-state index in [-0.39, 0.29) is 0 Å².